The molecule has 0 bridgehead atoms. The van der Waals surface area contributed by atoms with Crippen molar-refractivity contribution >= 4 is 8.25 Å². The maximum atomic E-state index is 9.53. The van der Waals surface area contributed by atoms with Gasteiger partial charge in [-0.25, -0.2) is 0 Å². The van der Waals surface area contributed by atoms with E-state index < -0.39 is 8.25 Å². The van der Waals surface area contributed by atoms with Gasteiger partial charge in [0, 0.05) is 18.3 Å². The number of methoxy groups -OCH3 is 1. The van der Waals surface area contributed by atoms with Crippen molar-refractivity contribution in [3.63, 3.8) is 0 Å². The van der Waals surface area contributed by atoms with Gasteiger partial charge >= 0.3 is 8.25 Å². The Balaban J connectivity index is 0. The van der Waals surface area contributed by atoms with E-state index in [4.69, 9.17) is 15.4 Å². The van der Waals surface area contributed by atoms with Crippen LogP contribution in [0.2, 0.25) is 0 Å². The molecule has 74 valence electrons. The number of hydrogen-bond donors (Lipinski definition) is 2. The topological polar surface area (TPSA) is 81.8 Å². The first-order valence-corrected chi connectivity index (χ1v) is 4.80. The third kappa shape index (κ3) is 22.5. The minimum absolute atomic E-state index is 0.297. The molecule has 0 saturated carbocycles. The molecule has 12 heavy (non-hydrogen) atoms. The van der Waals surface area contributed by atoms with E-state index in [2.05, 4.69) is 4.52 Å². The molecule has 0 aromatic carbocycles. The molecule has 0 radical (unpaired) electrons. The van der Waals surface area contributed by atoms with Gasteiger partial charge in [0.1, 0.15) is 6.61 Å². The van der Waals surface area contributed by atoms with Gasteiger partial charge in [-0.3, -0.25) is 0 Å². The van der Waals surface area contributed by atoms with Crippen LogP contribution in [0, 0.1) is 0 Å². The molecule has 3 N–H and O–H groups in total. The highest BCUT2D eigenvalue weighted by Gasteiger charge is 2.06. The Morgan fingerprint density at radius 1 is 1.58 bits per heavy atom. The summed E-state index contributed by atoms with van der Waals surface area (Å²) in [7, 11) is -0.674. The molecule has 0 aliphatic carbocycles. The Bertz CT molecular complexity index is 97.5. The maximum absolute atomic E-state index is 9.53. The normalized spacial score (nSPS) is 10.2. The molecule has 0 aromatic heterocycles. The Hall–Kier alpha value is -0.0600. The van der Waals surface area contributed by atoms with Gasteiger partial charge in [0.05, 0.1) is 0 Å². The lowest BCUT2D eigenvalue weighted by Gasteiger charge is -1.89. The second kappa shape index (κ2) is 13.5. The van der Waals surface area contributed by atoms with Gasteiger partial charge in [-0.1, -0.05) is 0 Å². The fourth-order valence-electron chi connectivity index (χ4n) is 0.338. The van der Waals surface area contributed by atoms with Crippen molar-refractivity contribution in [2.75, 3.05) is 26.9 Å². The predicted octanol–water partition coefficient (Wildman–Crippen LogP) is 0.654. The Kier molecular flexibility index (Phi) is 16.3. The van der Waals surface area contributed by atoms with E-state index in [0.717, 1.165) is 19.6 Å². The summed E-state index contributed by atoms with van der Waals surface area (Å²) in [5.74, 6) is 0. The van der Waals surface area contributed by atoms with E-state index in [1.54, 1.807) is 14.0 Å². The first-order chi connectivity index (χ1) is 5.68. The van der Waals surface area contributed by atoms with Crippen molar-refractivity contribution in [3.05, 3.63) is 0 Å². The highest BCUT2D eigenvalue weighted by atomic mass is 31.1. The first kappa shape index (κ1) is 14.5. The molecule has 0 aliphatic rings. The minimum atomic E-state index is -2.35. The summed E-state index contributed by atoms with van der Waals surface area (Å²) < 4.78 is 18.3. The van der Waals surface area contributed by atoms with Crippen LogP contribution < -0.4 is 5.73 Å². The van der Waals surface area contributed by atoms with Crippen molar-refractivity contribution in [2.45, 2.75) is 13.3 Å². The van der Waals surface area contributed by atoms with Crippen LogP contribution in [0.4, 0.5) is 0 Å². The van der Waals surface area contributed by atoms with Crippen LogP contribution in [0.25, 0.3) is 0 Å². The zero-order valence-corrected chi connectivity index (χ0v) is 8.42. The predicted molar refractivity (Wildman–Crippen MR) is 47.0 cm³/mol. The molecule has 0 amide bonds. The highest BCUT2D eigenvalue weighted by Crippen LogP contribution is 2.12. The van der Waals surface area contributed by atoms with Gasteiger partial charge in [-0.15, -0.1) is 9.42 Å². The van der Waals surface area contributed by atoms with Crippen LogP contribution in [-0.4, -0.2) is 31.8 Å². The molecular weight excluding hydrogens is 181 g/mol. The van der Waals surface area contributed by atoms with Gasteiger partial charge in [0.25, 0.3) is 0 Å². The van der Waals surface area contributed by atoms with Crippen LogP contribution in [0.1, 0.15) is 13.3 Å². The van der Waals surface area contributed by atoms with Crippen LogP contribution in [0.15, 0.2) is 0 Å². The monoisotopic (exact) mass is 198 g/mol. The SMILES string of the molecule is CCO[P+](=O)O.COCCCN. The fraction of sp³-hybridized carbons (Fsp3) is 1.00. The lowest BCUT2D eigenvalue weighted by Crippen LogP contribution is -2.01. The number of hydrogen-bond acceptors (Lipinski definition) is 4. The summed E-state index contributed by atoms with van der Waals surface area (Å²) >= 11 is 0. The largest absolute Gasteiger partial charge is 0.694 e. The summed E-state index contributed by atoms with van der Waals surface area (Å²) in [4.78, 5) is 7.84. The molecule has 0 heterocycles. The number of ether oxygens (including phenoxy) is 1. The van der Waals surface area contributed by atoms with E-state index >= 15 is 0 Å². The van der Waals surface area contributed by atoms with Crippen molar-refractivity contribution in [1.29, 1.82) is 0 Å². The van der Waals surface area contributed by atoms with Crippen LogP contribution in [-0.2, 0) is 13.8 Å². The summed E-state index contributed by atoms with van der Waals surface area (Å²) in [5.41, 5.74) is 5.13. The van der Waals surface area contributed by atoms with Crippen LogP contribution >= 0.6 is 8.25 Å². The third-order valence-electron chi connectivity index (χ3n) is 0.792. The van der Waals surface area contributed by atoms with Gasteiger partial charge < -0.3 is 10.5 Å². The zero-order chi connectivity index (χ0) is 9.82. The lowest BCUT2D eigenvalue weighted by molar-refractivity contribution is 0.197. The third-order valence-corrected chi connectivity index (χ3v) is 1.27. The Labute approximate surface area is 73.8 Å². The van der Waals surface area contributed by atoms with Crippen molar-refractivity contribution < 1.29 is 18.7 Å². The molecule has 5 nitrogen and oxygen atoms in total. The fourth-order valence-corrected chi connectivity index (χ4v) is 0.559. The number of rotatable bonds is 5. The van der Waals surface area contributed by atoms with E-state index in [1.165, 1.54) is 0 Å². The zero-order valence-electron chi connectivity index (χ0n) is 7.52. The summed E-state index contributed by atoms with van der Waals surface area (Å²) in [6.45, 7) is 3.47. The van der Waals surface area contributed by atoms with E-state index in [1.807, 2.05) is 0 Å². The molecule has 0 rings (SSSR count). The Morgan fingerprint density at radius 3 is 2.25 bits per heavy atom. The van der Waals surface area contributed by atoms with Gasteiger partial charge in [0.2, 0.25) is 0 Å². The molecule has 0 fully saturated rings. The van der Waals surface area contributed by atoms with Crippen LogP contribution in [0.5, 0.6) is 0 Å². The minimum Gasteiger partial charge on any atom is -0.385 e. The van der Waals surface area contributed by atoms with Gasteiger partial charge in [-0.05, 0) is 19.9 Å². The maximum Gasteiger partial charge on any atom is 0.694 e. The molecule has 0 aliphatic heterocycles. The van der Waals surface area contributed by atoms with Crippen molar-refractivity contribution in [3.8, 4) is 0 Å². The smallest absolute Gasteiger partial charge is 0.385 e. The molecule has 0 aromatic rings. The van der Waals surface area contributed by atoms with E-state index in [-0.39, 0.29) is 0 Å². The summed E-state index contributed by atoms with van der Waals surface area (Å²) in [6.07, 6.45) is 0.969. The quantitative estimate of drug-likeness (QED) is 0.500. The molecule has 0 saturated heterocycles. The van der Waals surface area contributed by atoms with Crippen molar-refractivity contribution in [1.82, 2.24) is 0 Å². The average molecular weight is 198 g/mol. The van der Waals surface area contributed by atoms with Crippen molar-refractivity contribution in [2.24, 2.45) is 5.73 Å². The van der Waals surface area contributed by atoms with E-state index in [0.29, 0.717) is 6.61 Å². The second-order valence-corrected chi connectivity index (χ2v) is 2.52. The van der Waals surface area contributed by atoms with Crippen LogP contribution in [0.3, 0.4) is 0 Å². The summed E-state index contributed by atoms with van der Waals surface area (Å²) in [5, 5.41) is 0. The summed E-state index contributed by atoms with van der Waals surface area (Å²) in [6, 6.07) is 0. The molecule has 1 atom stereocenters. The highest BCUT2D eigenvalue weighted by molar-refractivity contribution is 7.32. The molecule has 1 unspecified atom stereocenters. The average Bonchev–Trinajstić information content (AvgIpc) is 2.02. The lowest BCUT2D eigenvalue weighted by atomic mass is 10.5. The molecule has 0 spiro atoms. The molecule has 6 heteroatoms. The van der Waals surface area contributed by atoms with Gasteiger partial charge in [-0.2, -0.15) is 0 Å². The number of nitrogens with two attached hydrogens (primary N) is 1. The Morgan fingerprint density at radius 2 is 2.17 bits per heavy atom. The molecular formula is C6H17NO4P+. The standard InChI is InChI=1S/C4H11NO.C2H5O3P/c1-6-4-2-3-5;1-2-5-6(3)4/h2-5H2,1H3;2H2,1H3/p+1. The second-order valence-electron chi connectivity index (χ2n) is 1.79. The first-order valence-electron chi connectivity index (χ1n) is 3.67. The van der Waals surface area contributed by atoms with Gasteiger partial charge in [0.15, 0.2) is 0 Å². The van der Waals surface area contributed by atoms with E-state index in [9.17, 15) is 4.57 Å².